The number of benzene rings is 1. The third-order valence-electron chi connectivity index (χ3n) is 2.98. The van der Waals surface area contributed by atoms with E-state index in [1.165, 1.54) is 29.8 Å². The molecule has 0 spiro atoms. The molecule has 1 aliphatic rings. The summed E-state index contributed by atoms with van der Waals surface area (Å²) < 4.78 is 0. The van der Waals surface area contributed by atoms with Crippen LogP contribution in [0.25, 0.3) is 0 Å². The van der Waals surface area contributed by atoms with Crippen LogP contribution in [0.5, 0.6) is 0 Å². The SMILES string of the molecule is Cc1cccc(NC2CCCSC2C)c1. The van der Waals surface area contributed by atoms with Gasteiger partial charge in [-0.2, -0.15) is 11.8 Å². The average molecular weight is 221 g/mol. The van der Waals surface area contributed by atoms with E-state index in [1.807, 2.05) is 0 Å². The second-order valence-electron chi connectivity index (χ2n) is 4.34. The van der Waals surface area contributed by atoms with E-state index in [4.69, 9.17) is 0 Å². The van der Waals surface area contributed by atoms with Crippen LogP contribution in [0.15, 0.2) is 24.3 Å². The van der Waals surface area contributed by atoms with E-state index < -0.39 is 0 Å². The summed E-state index contributed by atoms with van der Waals surface area (Å²) in [5.74, 6) is 1.33. The molecule has 0 bridgehead atoms. The van der Waals surface area contributed by atoms with Crippen LogP contribution in [0.1, 0.15) is 25.3 Å². The molecule has 0 saturated carbocycles. The lowest BCUT2D eigenvalue weighted by atomic mass is 10.1. The first-order valence-electron chi connectivity index (χ1n) is 5.70. The summed E-state index contributed by atoms with van der Waals surface area (Å²) >= 11 is 2.09. The van der Waals surface area contributed by atoms with E-state index >= 15 is 0 Å². The zero-order chi connectivity index (χ0) is 10.7. The van der Waals surface area contributed by atoms with E-state index in [9.17, 15) is 0 Å². The maximum Gasteiger partial charge on any atom is 0.0377 e. The predicted octanol–water partition coefficient (Wildman–Crippen LogP) is 3.69. The van der Waals surface area contributed by atoms with Crippen molar-refractivity contribution in [3.8, 4) is 0 Å². The molecule has 2 rings (SSSR count). The van der Waals surface area contributed by atoms with Crippen LogP contribution >= 0.6 is 11.8 Å². The molecule has 2 unspecified atom stereocenters. The highest BCUT2D eigenvalue weighted by molar-refractivity contribution is 8.00. The van der Waals surface area contributed by atoms with Crippen molar-refractivity contribution in [1.29, 1.82) is 0 Å². The second-order valence-corrected chi connectivity index (χ2v) is 5.82. The van der Waals surface area contributed by atoms with Crippen LogP contribution in [0, 0.1) is 6.92 Å². The molecule has 1 saturated heterocycles. The Hall–Kier alpha value is -0.630. The van der Waals surface area contributed by atoms with Crippen molar-refractivity contribution in [3.05, 3.63) is 29.8 Å². The Bertz CT molecular complexity index is 324. The van der Waals surface area contributed by atoms with Crippen molar-refractivity contribution in [2.45, 2.75) is 38.0 Å². The van der Waals surface area contributed by atoms with Crippen LogP contribution in [0.2, 0.25) is 0 Å². The second kappa shape index (κ2) is 4.93. The Labute approximate surface area is 96.7 Å². The molecule has 2 heteroatoms. The van der Waals surface area contributed by atoms with Crippen LogP contribution in [-0.2, 0) is 0 Å². The minimum atomic E-state index is 0.644. The first-order valence-corrected chi connectivity index (χ1v) is 6.75. The molecule has 0 aliphatic carbocycles. The van der Waals surface area contributed by atoms with Crippen LogP contribution in [0.3, 0.4) is 0 Å². The molecule has 0 aromatic heterocycles. The largest absolute Gasteiger partial charge is 0.381 e. The number of aryl methyl sites for hydroxylation is 1. The zero-order valence-electron chi connectivity index (χ0n) is 9.49. The quantitative estimate of drug-likeness (QED) is 0.817. The molecule has 0 radical (unpaired) electrons. The van der Waals surface area contributed by atoms with Gasteiger partial charge in [-0.15, -0.1) is 0 Å². The molecule has 2 atom stereocenters. The lowest BCUT2D eigenvalue weighted by Gasteiger charge is -2.30. The Balaban J connectivity index is 2.01. The number of nitrogens with one attached hydrogen (secondary N) is 1. The van der Waals surface area contributed by atoms with Crippen molar-refractivity contribution >= 4 is 17.4 Å². The molecule has 1 N–H and O–H groups in total. The van der Waals surface area contributed by atoms with Gasteiger partial charge in [0.05, 0.1) is 0 Å². The van der Waals surface area contributed by atoms with Crippen LogP contribution < -0.4 is 5.32 Å². The molecule has 1 aromatic carbocycles. The summed E-state index contributed by atoms with van der Waals surface area (Å²) in [6.45, 7) is 4.47. The highest BCUT2D eigenvalue weighted by Gasteiger charge is 2.21. The van der Waals surface area contributed by atoms with Gasteiger partial charge in [0, 0.05) is 17.0 Å². The van der Waals surface area contributed by atoms with Gasteiger partial charge in [0.25, 0.3) is 0 Å². The molecule has 1 aliphatic heterocycles. The first kappa shape index (κ1) is 10.9. The van der Waals surface area contributed by atoms with Gasteiger partial charge in [0.15, 0.2) is 0 Å². The van der Waals surface area contributed by atoms with Crippen molar-refractivity contribution in [2.75, 3.05) is 11.1 Å². The minimum Gasteiger partial charge on any atom is -0.381 e. The average Bonchev–Trinajstić information content (AvgIpc) is 2.22. The minimum absolute atomic E-state index is 0.644. The smallest absolute Gasteiger partial charge is 0.0377 e. The maximum absolute atomic E-state index is 3.65. The maximum atomic E-state index is 3.65. The van der Waals surface area contributed by atoms with Crippen LogP contribution in [0.4, 0.5) is 5.69 Å². The molecule has 0 amide bonds. The normalized spacial score (nSPS) is 26.3. The summed E-state index contributed by atoms with van der Waals surface area (Å²) in [7, 11) is 0. The Morgan fingerprint density at radius 3 is 3.00 bits per heavy atom. The fraction of sp³-hybridized carbons (Fsp3) is 0.538. The van der Waals surface area contributed by atoms with E-state index in [-0.39, 0.29) is 0 Å². The third-order valence-corrected chi connectivity index (χ3v) is 4.36. The number of rotatable bonds is 2. The Morgan fingerprint density at radius 2 is 2.27 bits per heavy atom. The van der Waals surface area contributed by atoms with Crippen molar-refractivity contribution in [1.82, 2.24) is 0 Å². The number of hydrogen-bond donors (Lipinski definition) is 1. The molecule has 1 nitrogen and oxygen atoms in total. The third kappa shape index (κ3) is 2.91. The summed E-state index contributed by atoms with van der Waals surface area (Å²) in [5, 5.41) is 4.39. The molecule has 1 fully saturated rings. The predicted molar refractivity (Wildman–Crippen MR) is 69.7 cm³/mol. The fourth-order valence-electron chi connectivity index (χ4n) is 2.06. The van der Waals surface area contributed by atoms with Gasteiger partial charge in [-0.25, -0.2) is 0 Å². The van der Waals surface area contributed by atoms with E-state index in [1.54, 1.807) is 0 Å². The molecule has 1 aromatic rings. The van der Waals surface area contributed by atoms with Crippen molar-refractivity contribution in [3.63, 3.8) is 0 Å². The monoisotopic (exact) mass is 221 g/mol. The topological polar surface area (TPSA) is 12.0 Å². The molecule has 15 heavy (non-hydrogen) atoms. The van der Waals surface area contributed by atoms with Gasteiger partial charge in [0.1, 0.15) is 0 Å². The van der Waals surface area contributed by atoms with E-state index in [2.05, 4.69) is 55.2 Å². The molecular weight excluding hydrogens is 202 g/mol. The van der Waals surface area contributed by atoms with Crippen molar-refractivity contribution in [2.24, 2.45) is 0 Å². The van der Waals surface area contributed by atoms with E-state index in [0.717, 1.165) is 5.25 Å². The van der Waals surface area contributed by atoms with Gasteiger partial charge in [0.2, 0.25) is 0 Å². The van der Waals surface area contributed by atoms with Crippen LogP contribution in [-0.4, -0.2) is 17.0 Å². The highest BCUT2D eigenvalue weighted by Crippen LogP contribution is 2.27. The fourth-order valence-corrected chi connectivity index (χ4v) is 3.20. The summed E-state index contributed by atoms with van der Waals surface area (Å²) in [6, 6.07) is 9.30. The summed E-state index contributed by atoms with van der Waals surface area (Å²) in [4.78, 5) is 0. The Morgan fingerprint density at radius 1 is 1.40 bits per heavy atom. The van der Waals surface area contributed by atoms with Gasteiger partial charge in [-0.05, 0) is 43.2 Å². The van der Waals surface area contributed by atoms with Gasteiger partial charge in [-0.3, -0.25) is 0 Å². The lowest BCUT2D eigenvalue weighted by Crippen LogP contribution is -2.32. The van der Waals surface area contributed by atoms with E-state index in [0.29, 0.717) is 6.04 Å². The number of hydrogen-bond acceptors (Lipinski definition) is 2. The molecule has 82 valence electrons. The molecular formula is C13H19NS. The standard InChI is InChI=1S/C13H19NS/c1-10-5-3-6-12(9-10)14-13-7-4-8-15-11(13)2/h3,5-6,9,11,13-14H,4,7-8H2,1-2H3. The number of anilines is 1. The first-order chi connectivity index (χ1) is 7.25. The zero-order valence-corrected chi connectivity index (χ0v) is 10.3. The van der Waals surface area contributed by atoms with Gasteiger partial charge in [-0.1, -0.05) is 19.1 Å². The van der Waals surface area contributed by atoms with Gasteiger partial charge < -0.3 is 5.32 Å². The highest BCUT2D eigenvalue weighted by atomic mass is 32.2. The van der Waals surface area contributed by atoms with Crippen molar-refractivity contribution < 1.29 is 0 Å². The molecule has 1 heterocycles. The lowest BCUT2D eigenvalue weighted by molar-refractivity contribution is 0.617. The van der Waals surface area contributed by atoms with Gasteiger partial charge >= 0.3 is 0 Å². The number of thioether (sulfide) groups is 1. The summed E-state index contributed by atoms with van der Waals surface area (Å²) in [5.41, 5.74) is 2.60. The summed E-state index contributed by atoms with van der Waals surface area (Å²) in [6.07, 6.45) is 2.65. The Kier molecular flexibility index (Phi) is 3.57.